The number of anilines is 2. The van der Waals surface area contributed by atoms with E-state index in [4.69, 9.17) is 4.42 Å². The van der Waals surface area contributed by atoms with Gasteiger partial charge in [0.1, 0.15) is 28.0 Å². The van der Waals surface area contributed by atoms with Crippen LogP contribution in [-0.4, -0.2) is 37.6 Å². The predicted octanol–water partition coefficient (Wildman–Crippen LogP) is 12.8. The maximum atomic E-state index is 12.9. The number of para-hydroxylation sites is 2. The maximum absolute atomic E-state index is 12.9. The Balaban J connectivity index is 1.29. The summed E-state index contributed by atoms with van der Waals surface area (Å²) in [5, 5.41) is 1.69. The van der Waals surface area contributed by atoms with Gasteiger partial charge in [-0.05, 0) is 85.2 Å². The number of rotatable bonds is 17. The van der Waals surface area contributed by atoms with Crippen molar-refractivity contribution in [2.45, 2.75) is 54.2 Å². The first kappa shape index (κ1) is 43.1. The molecule has 0 atom stereocenters. The smallest absolute Gasteiger partial charge is 0.209 e. The molecule has 0 amide bonds. The van der Waals surface area contributed by atoms with Crippen molar-refractivity contribution in [3.05, 3.63) is 186 Å². The van der Waals surface area contributed by atoms with Crippen molar-refractivity contribution in [2.75, 3.05) is 29.5 Å². The molecule has 0 radical (unpaired) electrons. The average molecular weight is 875 g/mol. The third kappa shape index (κ3) is 9.87. The summed E-state index contributed by atoms with van der Waals surface area (Å²) in [6, 6.07) is 56.9. The highest BCUT2D eigenvalue weighted by molar-refractivity contribution is 7.99. The molecule has 62 heavy (non-hydrogen) atoms. The molecule has 6 aromatic carbocycles. The van der Waals surface area contributed by atoms with E-state index < -0.39 is 10.1 Å². The number of aryl methyl sites for hydroxylation is 2. The highest BCUT2D eigenvalue weighted by atomic mass is 32.2. The summed E-state index contributed by atoms with van der Waals surface area (Å²) < 4.78 is 47.9. The monoisotopic (exact) mass is 874 g/mol. The van der Waals surface area contributed by atoms with Crippen molar-refractivity contribution in [1.29, 1.82) is 0 Å². The van der Waals surface area contributed by atoms with Crippen LogP contribution in [0, 0.1) is 0 Å². The zero-order valence-corrected chi connectivity index (χ0v) is 37.5. The summed E-state index contributed by atoms with van der Waals surface area (Å²) in [4.78, 5) is 4.61. The van der Waals surface area contributed by atoms with Crippen LogP contribution < -0.4 is 14.8 Å². The largest absolute Gasteiger partial charge is 0.744 e. The quantitative estimate of drug-likeness (QED) is 0.0296. The molecule has 0 aromatic heterocycles. The Bertz CT molecular complexity index is 2930. The summed E-state index contributed by atoms with van der Waals surface area (Å²) in [5.41, 5.74) is 8.05. The van der Waals surface area contributed by atoms with E-state index in [1.165, 1.54) is 27.0 Å². The molecule has 1 aliphatic carbocycles. The SMILES string of the molecule is CCc1ccccc1N(CCCSc1ccccc1)c1ccc2c(-c3ccccc3S(=O)(=O)[O-])c3ccc(=[N+](CCCSc4ccccc4)c4ccccc4CC)cc-3oc2c1. The van der Waals surface area contributed by atoms with Crippen LogP contribution in [-0.2, 0) is 23.0 Å². The molecule has 2 aliphatic rings. The van der Waals surface area contributed by atoms with Crippen LogP contribution in [0.5, 0.6) is 0 Å². The first-order valence-electron chi connectivity index (χ1n) is 21.3. The van der Waals surface area contributed by atoms with Crippen molar-refractivity contribution >= 4 is 61.7 Å². The van der Waals surface area contributed by atoms with Crippen molar-refractivity contribution < 1.29 is 17.4 Å². The van der Waals surface area contributed by atoms with E-state index in [0.29, 0.717) is 22.5 Å². The van der Waals surface area contributed by atoms with Gasteiger partial charge in [0.05, 0.1) is 11.0 Å². The minimum atomic E-state index is -4.82. The maximum Gasteiger partial charge on any atom is 0.209 e. The molecule has 1 heterocycles. The lowest BCUT2D eigenvalue weighted by molar-refractivity contribution is 0.463. The molecule has 314 valence electrons. The van der Waals surface area contributed by atoms with Crippen LogP contribution >= 0.6 is 23.5 Å². The van der Waals surface area contributed by atoms with E-state index in [2.05, 4.69) is 145 Å². The summed E-state index contributed by atoms with van der Waals surface area (Å²) in [6.07, 6.45) is 3.63. The molecule has 6 aromatic rings. The van der Waals surface area contributed by atoms with Gasteiger partial charge in [-0.3, -0.25) is 0 Å². The van der Waals surface area contributed by atoms with E-state index in [9.17, 15) is 13.0 Å². The molecular formula is C53H50N2O4S3. The van der Waals surface area contributed by atoms with Gasteiger partial charge in [0.2, 0.25) is 11.0 Å². The minimum absolute atomic E-state index is 0.259. The van der Waals surface area contributed by atoms with Gasteiger partial charge in [0.25, 0.3) is 0 Å². The molecule has 0 N–H and O–H groups in total. The topological polar surface area (TPSA) is 76.6 Å². The Morgan fingerprint density at radius 2 is 1.26 bits per heavy atom. The number of fused-ring (bicyclic) bond motifs is 2. The van der Waals surface area contributed by atoms with E-state index in [1.807, 2.05) is 47.8 Å². The molecule has 0 fully saturated rings. The van der Waals surface area contributed by atoms with Gasteiger partial charge in [0.15, 0.2) is 0 Å². The molecule has 6 nitrogen and oxygen atoms in total. The summed E-state index contributed by atoms with van der Waals surface area (Å²) in [6.45, 7) is 5.91. The molecular weight excluding hydrogens is 825 g/mol. The van der Waals surface area contributed by atoms with Gasteiger partial charge in [0, 0.05) is 85.7 Å². The Hall–Kier alpha value is -5.58. The van der Waals surface area contributed by atoms with Gasteiger partial charge in [-0.1, -0.05) is 105 Å². The zero-order valence-electron chi connectivity index (χ0n) is 35.1. The Labute approximate surface area is 374 Å². The number of benzene rings is 7. The average Bonchev–Trinajstić information content (AvgIpc) is 3.31. The van der Waals surface area contributed by atoms with Gasteiger partial charge < -0.3 is 13.9 Å². The standard InChI is InChI=1S/C53H50N2O4S3/c1-3-39-19-11-14-26-48(39)54(33-17-35-60-43-21-7-5-8-22-43)41-29-31-45-50(37-41)59-51-38-42(30-32-46(51)53(45)47-25-13-16-28-52(47)62(56,57)58)55(49-27-15-12-20-40(49)4-2)34-18-36-61-44-23-9-6-10-24-44/h5-16,19-32,37-38H,3-4,17-18,33-36H2,1-2H3. The van der Waals surface area contributed by atoms with Crippen molar-refractivity contribution in [3.8, 4) is 22.5 Å². The fourth-order valence-electron chi connectivity index (χ4n) is 8.17. The normalized spacial score (nSPS) is 12.2. The highest BCUT2D eigenvalue weighted by Crippen LogP contribution is 2.44. The molecule has 0 saturated carbocycles. The summed E-state index contributed by atoms with van der Waals surface area (Å²) in [5.74, 6) is 2.50. The minimum Gasteiger partial charge on any atom is -0.744 e. The van der Waals surface area contributed by atoms with Crippen molar-refractivity contribution in [2.24, 2.45) is 0 Å². The van der Waals surface area contributed by atoms with Crippen LogP contribution in [0.4, 0.5) is 17.1 Å². The summed E-state index contributed by atoms with van der Waals surface area (Å²) >= 11 is 3.71. The number of hydrogen-bond acceptors (Lipinski definition) is 7. The molecule has 9 heteroatoms. The Kier molecular flexibility index (Phi) is 14.0. The molecule has 0 bridgehead atoms. The van der Waals surface area contributed by atoms with Crippen molar-refractivity contribution in [1.82, 2.24) is 4.58 Å². The lowest BCUT2D eigenvalue weighted by Crippen LogP contribution is -2.28. The first-order valence-corrected chi connectivity index (χ1v) is 24.7. The lowest BCUT2D eigenvalue weighted by atomic mass is 9.93. The van der Waals surface area contributed by atoms with Gasteiger partial charge in [-0.15, -0.1) is 23.5 Å². The zero-order chi connectivity index (χ0) is 42.9. The van der Waals surface area contributed by atoms with Gasteiger partial charge >= 0.3 is 0 Å². The van der Waals surface area contributed by atoms with Crippen LogP contribution in [0.1, 0.15) is 37.8 Å². The second kappa shape index (κ2) is 20.1. The molecule has 0 spiro atoms. The highest BCUT2D eigenvalue weighted by Gasteiger charge is 2.24. The third-order valence-corrected chi connectivity index (χ3v) is 14.2. The fraction of sp³-hybridized carbons (Fsp3) is 0.189. The summed E-state index contributed by atoms with van der Waals surface area (Å²) in [7, 11) is -4.82. The Morgan fingerprint density at radius 1 is 0.629 bits per heavy atom. The number of hydrogen-bond donors (Lipinski definition) is 0. The van der Waals surface area contributed by atoms with E-state index >= 15 is 0 Å². The Morgan fingerprint density at radius 3 is 1.97 bits per heavy atom. The molecule has 1 aliphatic heterocycles. The van der Waals surface area contributed by atoms with E-state index in [-0.39, 0.29) is 4.90 Å². The second-order valence-corrected chi connectivity index (χ2v) is 18.8. The second-order valence-electron chi connectivity index (χ2n) is 15.1. The number of thioether (sulfide) groups is 2. The van der Waals surface area contributed by atoms with Crippen LogP contribution in [0.2, 0.25) is 0 Å². The van der Waals surface area contributed by atoms with Gasteiger partial charge in [-0.2, -0.15) is 4.58 Å². The molecule has 0 saturated heterocycles. The molecule has 8 rings (SSSR count). The van der Waals surface area contributed by atoms with Crippen LogP contribution in [0.15, 0.2) is 189 Å². The van der Waals surface area contributed by atoms with Gasteiger partial charge in [-0.25, -0.2) is 8.42 Å². The van der Waals surface area contributed by atoms with Crippen LogP contribution in [0.25, 0.3) is 33.4 Å². The predicted molar refractivity (Wildman–Crippen MR) is 258 cm³/mol. The fourth-order valence-corrected chi connectivity index (χ4v) is 10.6. The van der Waals surface area contributed by atoms with E-state index in [0.717, 1.165) is 83.6 Å². The van der Waals surface area contributed by atoms with Crippen LogP contribution in [0.3, 0.4) is 0 Å². The third-order valence-electron chi connectivity index (χ3n) is 11.1. The van der Waals surface area contributed by atoms with E-state index in [1.54, 1.807) is 18.2 Å². The van der Waals surface area contributed by atoms with Crippen molar-refractivity contribution in [3.63, 3.8) is 0 Å². The molecule has 0 unspecified atom stereocenters. The first-order chi connectivity index (χ1) is 30.3. The lowest BCUT2D eigenvalue weighted by Gasteiger charge is -2.28. The number of nitrogens with zero attached hydrogens (tertiary/aromatic N) is 2.